The van der Waals surface area contributed by atoms with Gasteiger partial charge in [0.1, 0.15) is 0 Å². The lowest BCUT2D eigenvalue weighted by atomic mass is 9.99. The molecule has 0 spiro atoms. The molecular formula is C9H16N2S. The molecule has 3 N–H and O–H groups in total. The molecule has 0 amide bonds. The average molecular weight is 184 g/mol. The maximum atomic E-state index is 5.44. The SMILES string of the molecule is CC(C)C(Cc1ccsc1)NN. The summed E-state index contributed by atoms with van der Waals surface area (Å²) in [7, 11) is 0. The molecule has 0 aromatic carbocycles. The molecule has 0 bridgehead atoms. The van der Waals surface area contributed by atoms with Gasteiger partial charge in [0.05, 0.1) is 0 Å². The number of nitrogens with two attached hydrogens (primary N) is 1. The number of rotatable bonds is 4. The van der Waals surface area contributed by atoms with Gasteiger partial charge in [-0.25, -0.2) is 0 Å². The van der Waals surface area contributed by atoms with Gasteiger partial charge in [0.15, 0.2) is 0 Å². The van der Waals surface area contributed by atoms with Crippen LogP contribution in [-0.2, 0) is 6.42 Å². The van der Waals surface area contributed by atoms with Gasteiger partial charge in [-0.05, 0) is 34.7 Å². The first kappa shape index (κ1) is 9.71. The Morgan fingerprint density at radius 2 is 2.33 bits per heavy atom. The van der Waals surface area contributed by atoms with Gasteiger partial charge in [0, 0.05) is 6.04 Å². The summed E-state index contributed by atoms with van der Waals surface area (Å²) in [4.78, 5) is 0. The van der Waals surface area contributed by atoms with Crippen LogP contribution in [-0.4, -0.2) is 6.04 Å². The van der Waals surface area contributed by atoms with Crippen molar-refractivity contribution in [3.63, 3.8) is 0 Å². The van der Waals surface area contributed by atoms with Crippen LogP contribution in [0.15, 0.2) is 16.8 Å². The van der Waals surface area contributed by atoms with E-state index < -0.39 is 0 Å². The maximum absolute atomic E-state index is 5.44. The fraction of sp³-hybridized carbons (Fsp3) is 0.556. The summed E-state index contributed by atoms with van der Waals surface area (Å²) >= 11 is 1.74. The van der Waals surface area contributed by atoms with Crippen LogP contribution in [0.5, 0.6) is 0 Å². The van der Waals surface area contributed by atoms with Crippen LogP contribution in [0.2, 0.25) is 0 Å². The Bertz CT molecular complexity index is 206. The van der Waals surface area contributed by atoms with Gasteiger partial charge in [-0.1, -0.05) is 13.8 Å². The maximum Gasteiger partial charge on any atom is 0.0274 e. The first-order chi connectivity index (χ1) is 5.74. The van der Waals surface area contributed by atoms with Gasteiger partial charge in [-0.2, -0.15) is 11.3 Å². The summed E-state index contributed by atoms with van der Waals surface area (Å²) in [5.74, 6) is 6.02. The first-order valence-corrected chi connectivity index (χ1v) is 5.15. The smallest absolute Gasteiger partial charge is 0.0274 e. The third-order valence-corrected chi connectivity index (χ3v) is 2.79. The zero-order valence-corrected chi connectivity index (χ0v) is 8.40. The first-order valence-electron chi connectivity index (χ1n) is 4.21. The van der Waals surface area contributed by atoms with E-state index in [-0.39, 0.29) is 0 Å². The number of hydrogen-bond acceptors (Lipinski definition) is 3. The summed E-state index contributed by atoms with van der Waals surface area (Å²) in [6.45, 7) is 4.35. The zero-order chi connectivity index (χ0) is 8.97. The largest absolute Gasteiger partial charge is 0.271 e. The molecule has 1 aromatic heterocycles. The van der Waals surface area contributed by atoms with E-state index >= 15 is 0 Å². The fourth-order valence-electron chi connectivity index (χ4n) is 1.15. The molecular weight excluding hydrogens is 168 g/mol. The van der Waals surface area contributed by atoms with E-state index in [4.69, 9.17) is 5.84 Å². The summed E-state index contributed by atoms with van der Waals surface area (Å²) in [5, 5.41) is 4.27. The highest BCUT2D eigenvalue weighted by molar-refractivity contribution is 7.07. The Morgan fingerprint density at radius 1 is 1.58 bits per heavy atom. The molecule has 1 atom stereocenters. The van der Waals surface area contributed by atoms with E-state index in [2.05, 4.69) is 36.1 Å². The minimum absolute atomic E-state index is 0.389. The third-order valence-electron chi connectivity index (χ3n) is 2.05. The highest BCUT2D eigenvalue weighted by Gasteiger charge is 2.11. The molecule has 1 rings (SSSR count). The van der Waals surface area contributed by atoms with Crippen molar-refractivity contribution in [2.24, 2.45) is 11.8 Å². The standard InChI is InChI=1S/C9H16N2S/c1-7(2)9(11-10)5-8-3-4-12-6-8/h3-4,6-7,9,11H,5,10H2,1-2H3. The Kier molecular flexibility index (Phi) is 3.72. The fourth-order valence-corrected chi connectivity index (χ4v) is 1.83. The monoisotopic (exact) mass is 184 g/mol. The van der Waals surface area contributed by atoms with Crippen molar-refractivity contribution < 1.29 is 0 Å². The van der Waals surface area contributed by atoms with Gasteiger partial charge < -0.3 is 0 Å². The molecule has 1 heterocycles. The second kappa shape index (κ2) is 4.60. The van der Waals surface area contributed by atoms with E-state index in [0.717, 1.165) is 6.42 Å². The predicted octanol–water partition coefficient (Wildman–Crippen LogP) is 1.78. The highest BCUT2D eigenvalue weighted by Crippen LogP contribution is 2.12. The molecule has 0 aliphatic rings. The topological polar surface area (TPSA) is 38.0 Å². The van der Waals surface area contributed by atoms with E-state index in [0.29, 0.717) is 12.0 Å². The van der Waals surface area contributed by atoms with Gasteiger partial charge in [-0.15, -0.1) is 0 Å². The van der Waals surface area contributed by atoms with Crippen LogP contribution < -0.4 is 11.3 Å². The second-order valence-electron chi connectivity index (χ2n) is 3.35. The Labute approximate surface area is 77.8 Å². The minimum atomic E-state index is 0.389. The van der Waals surface area contributed by atoms with E-state index in [1.165, 1.54) is 5.56 Å². The quantitative estimate of drug-likeness (QED) is 0.553. The number of thiophene rings is 1. The van der Waals surface area contributed by atoms with Crippen LogP contribution >= 0.6 is 11.3 Å². The average Bonchev–Trinajstić information content (AvgIpc) is 2.51. The van der Waals surface area contributed by atoms with E-state index in [9.17, 15) is 0 Å². The lowest BCUT2D eigenvalue weighted by Gasteiger charge is -2.18. The molecule has 12 heavy (non-hydrogen) atoms. The van der Waals surface area contributed by atoms with E-state index in [1.807, 2.05) is 0 Å². The Balaban J connectivity index is 2.48. The molecule has 68 valence electrons. The molecule has 0 saturated carbocycles. The zero-order valence-electron chi connectivity index (χ0n) is 7.58. The lowest BCUT2D eigenvalue weighted by Crippen LogP contribution is -2.40. The second-order valence-corrected chi connectivity index (χ2v) is 4.13. The Hall–Kier alpha value is -0.380. The normalized spacial score (nSPS) is 13.7. The summed E-state index contributed by atoms with van der Waals surface area (Å²) in [6, 6.07) is 2.54. The number of hydrazine groups is 1. The van der Waals surface area contributed by atoms with Crippen LogP contribution in [0.3, 0.4) is 0 Å². The molecule has 0 fully saturated rings. The van der Waals surface area contributed by atoms with Gasteiger partial charge in [0.2, 0.25) is 0 Å². The van der Waals surface area contributed by atoms with E-state index in [1.54, 1.807) is 11.3 Å². The van der Waals surface area contributed by atoms with Crippen molar-refractivity contribution in [3.8, 4) is 0 Å². The molecule has 0 saturated heterocycles. The number of hydrogen-bond donors (Lipinski definition) is 2. The molecule has 3 heteroatoms. The van der Waals surface area contributed by atoms with Crippen molar-refractivity contribution in [3.05, 3.63) is 22.4 Å². The van der Waals surface area contributed by atoms with Crippen molar-refractivity contribution in [2.45, 2.75) is 26.3 Å². The molecule has 1 unspecified atom stereocenters. The molecule has 0 radical (unpaired) electrons. The van der Waals surface area contributed by atoms with Crippen LogP contribution in [0.4, 0.5) is 0 Å². The lowest BCUT2D eigenvalue weighted by molar-refractivity contribution is 0.405. The van der Waals surface area contributed by atoms with Gasteiger partial charge >= 0.3 is 0 Å². The van der Waals surface area contributed by atoms with Gasteiger partial charge in [0.25, 0.3) is 0 Å². The number of nitrogens with one attached hydrogen (secondary N) is 1. The summed E-state index contributed by atoms with van der Waals surface area (Å²) in [6.07, 6.45) is 1.03. The molecule has 1 aromatic rings. The van der Waals surface area contributed by atoms with Crippen molar-refractivity contribution in [1.82, 2.24) is 5.43 Å². The molecule has 2 nitrogen and oxygen atoms in total. The van der Waals surface area contributed by atoms with Crippen LogP contribution in [0.25, 0.3) is 0 Å². The molecule has 0 aliphatic carbocycles. The highest BCUT2D eigenvalue weighted by atomic mass is 32.1. The summed E-state index contributed by atoms with van der Waals surface area (Å²) < 4.78 is 0. The third kappa shape index (κ3) is 2.59. The molecule has 0 aliphatic heterocycles. The van der Waals surface area contributed by atoms with Crippen molar-refractivity contribution in [1.29, 1.82) is 0 Å². The van der Waals surface area contributed by atoms with Crippen molar-refractivity contribution >= 4 is 11.3 Å². The summed E-state index contributed by atoms with van der Waals surface area (Å²) in [5.41, 5.74) is 4.22. The van der Waals surface area contributed by atoms with Gasteiger partial charge in [-0.3, -0.25) is 11.3 Å². The van der Waals surface area contributed by atoms with Crippen LogP contribution in [0.1, 0.15) is 19.4 Å². The van der Waals surface area contributed by atoms with Crippen molar-refractivity contribution in [2.75, 3.05) is 0 Å². The Morgan fingerprint density at radius 3 is 2.75 bits per heavy atom. The minimum Gasteiger partial charge on any atom is -0.271 e. The predicted molar refractivity (Wildman–Crippen MR) is 54.0 cm³/mol. The van der Waals surface area contributed by atoms with Crippen LogP contribution in [0, 0.1) is 5.92 Å².